The number of rotatable bonds is 6. The Hall–Kier alpha value is -0.263. The van der Waals surface area contributed by atoms with Crippen LogP contribution in [0, 0.1) is 11.3 Å². The van der Waals surface area contributed by atoms with Gasteiger partial charge in [0.25, 0.3) is 0 Å². The molecule has 0 aromatic heterocycles. The molecule has 0 radical (unpaired) electrons. The van der Waals surface area contributed by atoms with Crippen LogP contribution in [0.2, 0.25) is 12.1 Å². The van der Waals surface area contributed by atoms with E-state index in [1.807, 2.05) is 6.08 Å². The topological polar surface area (TPSA) is 23.8 Å². The predicted molar refractivity (Wildman–Crippen MR) is 52.5 cm³/mol. The molecule has 0 N–H and O–H groups in total. The molecule has 0 saturated carbocycles. The highest BCUT2D eigenvalue weighted by Crippen LogP contribution is 2.07. The van der Waals surface area contributed by atoms with Crippen molar-refractivity contribution >= 4 is 20.4 Å². The second-order valence-corrected chi connectivity index (χ2v) is 6.61. The standard InChI is InChI=1S/C8H14ClNSi/c1-2-6-11(8-9)7-4-3-5-10/h2,11H,1,3-4,6-8H2. The SMILES string of the molecule is C=CC[SiH](CCl)CCCC#N. The zero-order valence-corrected chi connectivity index (χ0v) is 8.63. The van der Waals surface area contributed by atoms with E-state index in [1.54, 1.807) is 0 Å². The van der Waals surface area contributed by atoms with Crippen LogP contribution in [-0.2, 0) is 0 Å². The molecule has 0 saturated heterocycles. The van der Waals surface area contributed by atoms with Crippen molar-refractivity contribution in [2.24, 2.45) is 0 Å². The van der Waals surface area contributed by atoms with Crippen LogP contribution in [0.5, 0.6) is 0 Å². The summed E-state index contributed by atoms with van der Waals surface area (Å²) in [5.74, 6) is 0. The minimum absolute atomic E-state index is 0.678. The molecule has 0 aromatic carbocycles. The molecule has 62 valence electrons. The average Bonchev–Trinajstić information content (AvgIpc) is 2.03. The van der Waals surface area contributed by atoms with E-state index in [9.17, 15) is 0 Å². The van der Waals surface area contributed by atoms with Crippen LogP contribution in [-0.4, -0.2) is 14.3 Å². The highest BCUT2D eigenvalue weighted by Gasteiger charge is 2.05. The molecule has 0 aliphatic carbocycles. The van der Waals surface area contributed by atoms with Crippen LogP contribution in [0.1, 0.15) is 12.8 Å². The highest BCUT2D eigenvalue weighted by molar-refractivity contribution is 6.67. The van der Waals surface area contributed by atoms with Crippen molar-refractivity contribution < 1.29 is 0 Å². The fraction of sp³-hybridized carbons (Fsp3) is 0.625. The number of unbranched alkanes of at least 4 members (excludes halogenated alkanes) is 1. The normalized spacial score (nSPS) is 12.0. The molecule has 0 amide bonds. The summed E-state index contributed by atoms with van der Waals surface area (Å²) >= 11 is 5.76. The molecule has 1 atom stereocenters. The van der Waals surface area contributed by atoms with Crippen molar-refractivity contribution in [2.45, 2.75) is 24.9 Å². The summed E-state index contributed by atoms with van der Waals surface area (Å²) < 4.78 is 0. The Morgan fingerprint density at radius 1 is 1.64 bits per heavy atom. The third kappa shape index (κ3) is 6.15. The Morgan fingerprint density at radius 3 is 2.82 bits per heavy atom. The number of allylic oxidation sites excluding steroid dienone is 1. The van der Waals surface area contributed by atoms with Gasteiger partial charge in [0.1, 0.15) is 0 Å². The van der Waals surface area contributed by atoms with Crippen molar-refractivity contribution in [1.29, 1.82) is 5.26 Å². The molecule has 0 fully saturated rings. The van der Waals surface area contributed by atoms with Gasteiger partial charge in [0.15, 0.2) is 0 Å². The maximum Gasteiger partial charge on any atom is 0.0621 e. The molecule has 0 aliphatic rings. The van der Waals surface area contributed by atoms with Crippen LogP contribution >= 0.6 is 11.6 Å². The van der Waals surface area contributed by atoms with Crippen molar-refractivity contribution in [2.75, 3.05) is 5.50 Å². The molecule has 0 spiro atoms. The van der Waals surface area contributed by atoms with E-state index in [4.69, 9.17) is 16.9 Å². The lowest BCUT2D eigenvalue weighted by Crippen LogP contribution is -2.13. The van der Waals surface area contributed by atoms with E-state index < -0.39 is 8.80 Å². The van der Waals surface area contributed by atoms with Crippen molar-refractivity contribution in [3.05, 3.63) is 12.7 Å². The Bertz CT molecular complexity index is 142. The third-order valence-corrected chi connectivity index (χ3v) is 5.59. The number of alkyl halides is 1. The van der Waals surface area contributed by atoms with Gasteiger partial charge in [-0.1, -0.05) is 12.1 Å². The fourth-order valence-corrected chi connectivity index (χ4v) is 3.57. The highest BCUT2D eigenvalue weighted by atomic mass is 35.5. The average molecular weight is 188 g/mol. The lowest BCUT2D eigenvalue weighted by Gasteiger charge is -2.06. The molecule has 0 rings (SSSR count). The first-order chi connectivity index (χ1) is 5.35. The summed E-state index contributed by atoms with van der Waals surface area (Å²) in [5, 5.41) is 8.29. The molecular formula is C8H14ClNSi. The minimum atomic E-state index is -0.748. The summed E-state index contributed by atoms with van der Waals surface area (Å²) in [4.78, 5) is 0. The maximum absolute atomic E-state index is 8.29. The van der Waals surface area contributed by atoms with E-state index in [0.717, 1.165) is 18.0 Å². The summed E-state index contributed by atoms with van der Waals surface area (Å²) in [6, 6.07) is 4.43. The Labute approximate surface area is 75.3 Å². The fourth-order valence-electron chi connectivity index (χ4n) is 0.963. The van der Waals surface area contributed by atoms with E-state index in [0.29, 0.717) is 6.42 Å². The second-order valence-electron chi connectivity index (χ2n) is 2.60. The zero-order valence-electron chi connectivity index (χ0n) is 6.72. The molecule has 1 unspecified atom stereocenters. The minimum Gasteiger partial charge on any atom is -0.198 e. The number of hydrogen-bond donors (Lipinski definition) is 0. The van der Waals surface area contributed by atoms with E-state index in [2.05, 4.69) is 12.6 Å². The third-order valence-electron chi connectivity index (χ3n) is 1.62. The largest absolute Gasteiger partial charge is 0.198 e. The first-order valence-corrected chi connectivity index (χ1v) is 6.87. The lowest BCUT2D eigenvalue weighted by molar-refractivity contribution is 0.950. The molecule has 0 aromatic rings. The molecule has 0 heterocycles. The van der Waals surface area contributed by atoms with Gasteiger partial charge in [-0.3, -0.25) is 0 Å². The summed E-state index contributed by atoms with van der Waals surface area (Å²) in [6.45, 7) is 3.69. The van der Waals surface area contributed by atoms with Crippen LogP contribution in [0.25, 0.3) is 0 Å². The van der Waals surface area contributed by atoms with Gasteiger partial charge in [0.2, 0.25) is 0 Å². The predicted octanol–water partition coefficient (Wildman–Crippen LogP) is 2.48. The smallest absolute Gasteiger partial charge is 0.0621 e. The first-order valence-electron chi connectivity index (χ1n) is 3.89. The summed E-state index contributed by atoms with van der Waals surface area (Å²) in [6.07, 6.45) is 3.65. The Kier molecular flexibility index (Phi) is 7.65. The van der Waals surface area contributed by atoms with E-state index >= 15 is 0 Å². The lowest BCUT2D eigenvalue weighted by atomic mass is 10.4. The van der Waals surface area contributed by atoms with Gasteiger partial charge >= 0.3 is 0 Å². The Balaban J connectivity index is 3.36. The second kappa shape index (κ2) is 7.84. The molecule has 0 bridgehead atoms. The van der Waals surface area contributed by atoms with Gasteiger partial charge in [-0.05, 0) is 12.5 Å². The number of nitrogens with zero attached hydrogens (tertiary/aromatic N) is 1. The number of halogens is 1. The van der Waals surface area contributed by atoms with Crippen LogP contribution in [0.4, 0.5) is 0 Å². The number of nitriles is 1. The van der Waals surface area contributed by atoms with Crippen molar-refractivity contribution in [1.82, 2.24) is 0 Å². The van der Waals surface area contributed by atoms with Gasteiger partial charge in [0.05, 0.1) is 14.9 Å². The quantitative estimate of drug-likeness (QED) is 0.271. The Morgan fingerprint density at radius 2 is 2.36 bits per heavy atom. The van der Waals surface area contributed by atoms with E-state index in [-0.39, 0.29) is 0 Å². The monoisotopic (exact) mass is 187 g/mol. The zero-order chi connectivity index (χ0) is 8.53. The maximum atomic E-state index is 8.29. The molecule has 1 nitrogen and oxygen atoms in total. The molecular weight excluding hydrogens is 174 g/mol. The number of hydrogen-bond acceptors (Lipinski definition) is 1. The van der Waals surface area contributed by atoms with Crippen molar-refractivity contribution in [3.63, 3.8) is 0 Å². The van der Waals surface area contributed by atoms with Gasteiger partial charge in [-0.2, -0.15) is 5.26 Å². The van der Waals surface area contributed by atoms with Gasteiger partial charge in [-0.25, -0.2) is 0 Å². The van der Waals surface area contributed by atoms with Crippen LogP contribution < -0.4 is 0 Å². The van der Waals surface area contributed by atoms with Gasteiger partial charge in [0, 0.05) is 11.9 Å². The summed E-state index contributed by atoms with van der Waals surface area (Å²) in [7, 11) is -0.748. The first kappa shape index (κ1) is 10.7. The molecule has 3 heteroatoms. The van der Waals surface area contributed by atoms with Gasteiger partial charge in [-0.15, -0.1) is 18.2 Å². The van der Waals surface area contributed by atoms with E-state index in [1.165, 1.54) is 6.04 Å². The van der Waals surface area contributed by atoms with Crippen LogP contribution in [0.15, 0.2) is 12.7 Å². The molecule has 11 heavy (non-hydrogen) atoms. The molecule has 0 aliphatic heterocycles. The van der Waals surface area contributed by atoms with Crippen molar-refractivity contribution in [3.8, 4) is 6.07 Å². The summed E-state index contributed by atoms with van der Waals surface area (Å²) in [5.41, 5.74) is 0.817. The van der Waals surface area contributed by atoms with Gasteiger partial charge < -0.3 is 0 Å². The van der Waals surface area contributed by atoms with Crippen LogP contribution in [0.3, 0.4) is 0 Å².